The number of fused-ring (bicyclic) bond motifs is 1. The topological polar surface area (TPSA) is 104 Å². The van der Waals surface area contributed by atoms with E-state index in [0.717, 1.165) is 0 Å². The summed E-state index contributed by atoms with van der Waals surface area (Å²) in [5, 5.41) is 20.6. The van der Waals surface area contributed by atoms with Crippen LogP contribution in [-0.2, 0) is 0 Å². The van der Waals surface area contributed by atoms with Gasteiger partial charge in [0.05, 0.1) is 12.1 Å². The van der Waals surface area contributed by atoms with Crippen molar-refractivity contribution in [1.82, 2.24) is 15.0 Å². The van der Waals surface area contributed by atoms with E-state index in [0.29, 0.717) is 10.2 Å². The van der Waals surface area contributed by atoms with Gasteiger partial charge in [0.15, 0.2) is 0 Å². The van der Waals surface area contributed by atoms with Crippen LogP contribution in [0.2, 0.25) is 0 Å². The van der Waals surface area contributed by atoms with Crippen molar-refractivity contribution < 1.29 is 15.1 Å². The summed E-state index contributed by atoms with van der Waals surface area (Å²) in [6.45, 7) is -0.200. The van der Waals surface area contributed by atoms with Crippen LogP contribution in [0.5, 0.6) is 0 Å². The highest BCUT2D eigenvalue weighted by molar-refractivity contribution is 5.96. The predicted octanol–water partition coefficient (Wildman–Crippen LogP) is -0.644. The van der Waals surface area contributed by atoms with E-state index in [-0.39, 0.29) is 24.2 Å². The third kappa shape index (κ3) is 2.03. The van der Waals surface area contributed by atoms with Gasteiger partial charge in [-0.3, -0.25) is 14.6 Å². The second kappa shape index (κ2) is 4.84. The lowest BCUT2D eigenvalue weighted by atomic mass is 10.2. The van der Waals surface area contributed by atoms with E-state index in [1.54, 1.807) is 6.07 Å². The molecule has 7 nitrogen and oxygen atoms in total. The number of pyridine rings is 2. The maximum Gasteiger partial charge on any atom is 0.296 e. The first-order valence-electron chi connectivity index (χ1n) is 5.24. The van der Waals surface area contributed by atoms with Crippen LogP contribution in [0.3, 0.4) is 0 Å². The Morgan fingerprint density at radius 1 is 1.50 bits per heavy atom. The molecule has 18 heavy (non-hydrogen) atoms. The summed E-state index contributed by atoms with van der Waals surface area (Å²) in [6, 6.07) is 4.39. The zero-order valence-electron chi connectivity index (χ0n) is 9.33. The van der Waals surface area contributed by atoms with Crippen LogP contribution < -0.4 is 10.9 Å². The van der Waals surface area contributed by atoms with Crippen molar-refractivity contribution in [3.63, 3.8) is 0 Å². The van der Waals surface area contributed by atoms with Crippen LogP contribution in [0, 0.1) is 0 Å². The van der Waals surface area contributed by atoms with Crippen molar-refractivity contribution in [3.8, 4) is 0 Å². The van der Waals surface area contributed by atoms with E-state index in [1.807, 2.05) is 0 Å². The molecule has 94 valence electrons. The van der Waals surface area contributed by atoms with Gasteiger partial charge in [-0.25, -0.2) is 0 Å². The van der Waals surface area contributed by atoms with Gasteiger partial charge in [0, 0.05) is 12.7 Å². The Balaban J connectivity index is 2.55. The quantitative estimate of drug-likeness (QED) is 0.627. The first kappa shape index (κ1) is 12.1. The Kier molecular flexibility index (Phi) is 3.24. The van der Waals surface area contributed by atoms with Crippen LogP contribution in [0.25, 0.3) is 11.0 Å². The Hall–Kier alpha value is -2.41. The molecule has 0 aliphatic heterocycles. The number of aliphatic hydroxyl groups excluding tert-OH is 1. The molecule has 0 fully saturated rings. The summed E-state index contributed by atoms with van der Waals surface area (Å²) in [4.78, 5) is 27.4. The molecule has 0 aliphatic carbocycles. The van der Waals surface area contributed by atoms with Gasteiger partial charge in [0.2, 0.25) is 0 Å². The molecule has 0 saturated heterocycles. The number of hydrogen-bond acceptors (Lipinski definition) is 5. The monoisotopic (exact) mass is 249 g/mol. The van der Waals surface area contributed by atoms with Crippen LogP contribution >= 0.6 is 0 Å². The molecular formula is C11H11N3O4. The lowest BCUT2D eigenvalue weighted by Crippen LogP contribution is -2.34. The van der Waals surface area contributed by atoms with Gasteiger partial charge in [-0.05, 0) is 18.2 Å². The van der Waals surface area contributed by atoms with Crippen LogP contribution in [0.1, 0.15) is 10.4 Å². The molecule has 7 heteroatoms. The first-order chi connectivity index (χ1) is 8.65. The molecule has 2 aromatic rings. The first-order valence-corrected chi connectivity index (χ1v) is 5.24. The molecular weight excluding hydrogens is 238 g/mol. The fraction of sp³-hybridized carbons (Fsp3) is 0.182. The molecule has 0 unspecified atom stereocenters. The number of aliphatic hydroxyl groups is 1. The highest BCUT2D eigenvalue weighted by atomic mass is 16.5. The largest absolute Gasteiger partial charge is 0.425 e. The maximum absolute atomic E-state index is 11.7. The summed E-state index contributed by atoms with van der Waals surface area (Å²) in [6.07, 6.45) is 1.49. The molecule has 0 aliphatic rings. The SMILES string of the molecule is O=C(NCCO)c1cc2ncccc2n(O)c1=O. The van der Waals surface area contributed by atoms with E-state index < -0.39 is 11.5 Å². The van der Waals surface area contributed by atoms with Gasteiger partial charge in [0.1, 0.15) is 11.1 Å². The Labute approximate surface area is 101 Å². The summed E-state index contributed by atoms with van der Waals surface area (Å²) in [5.41, 5.74) is -0.502. The molecule has 0 atom stereocenters. The molecule has 0 radical (unpaired) electrons. The third-order valence-corrected chi connectivity index (χ3v) is 2.39. The average molecular weight is 249 g/mol. The van der Waals surface area contributed by atoms with Crippen molar-refractivity contribution in [3.05, 3.63) is 40.3 Å². The molecule has 0 spiro atoms. The zero-order valence-corrected chi connectivity index (χ0v) is 9.33. The second-order valence-corrected chi connectivity index (χ2v) is 3.56. The van der Waals surface area contributed by atoms with E-state index >= 15 is 0 Å². The van der Waals surface area contributed by atoms with E-state index in [4.69, 9.17) is 5.11 Å². The number of carbonyl (C=O) groups excluding carboxylic acids is 1. The predicted molar refractivity (Wildman–Crippen MR) is 62.6 cm³/mol. The number of amides is 1. The molecule has 1 amide bonds. The molecule has 0 aromatic carbocycles. The molecule has 0 saturated carbocycles. The number of nitrogens with one attached hydrogen (secondary N) is 1. The molecule has 2 aromatic heterocycles. The van der Waals surface area contributed by atoms with Gasteiger partial charge in [-0.15, -0.1) is 4.73 Å². The van der Waals surface area contributed by atoms with Crippen LogP contribution in [-0.4, -0.2) is 39.1 Å². The lowest BCUT2D eigenvalue weighted by Gasteiger charge is -2.06. The Morgan fingerprint density at radius 3 is 3.00 bits per heavy atom. The lowest BCUT2D eigenvalue weighted by molar-refractivity contribution is 0.0937. The smallest absolute Gasteiger partial charge is 0.296 e. The summed E-state index contributed by atoms with van der Waals surface area (Å²) < 4.78 is 0.385. The average Bonchev–Trinajstić information content (AvgIpc) is 2.40. The number of carbonyl (C=O) groups is 1. The van der Waals surface area contributed by atoms with E-state index in [9.17, 15) is 14.8 Å². The zero-order chi connectivity index (χ0) is 13.1. The Morgan fingerprint density at radius 2 is 2.28 bits per heavy atom. The minimum absolute atomic E-state index is 0.0317. The molecule has 3 N–H and O–H groups in total. The van der Waals surface area contributed by atoms with Gasteiger partial charge in [0.25, 0.3) is 11.5 Å². The van der Waals surface area contributed by atoms with Gasteiger partial charge >= 0.3 is 0 Å². The highest BCUT2D eigenvalue weighted by Crippen LogP contribution is 2.08. The van der Waals surface area contributed by atoms with Crippen molar-refractivity contribution >= 4 is 16.9 Å². The van der Waals surface area contributed by atoms with Crippen molar-refractivity contribution in [2.24, 2.45) is 0 Å². The summed E-state index contributed by atoms with van der Waals surface area (Å²) in [7, 11) is 0. The van der Waals surface area contributed by atoms with Crippen LogP contribution in [0.15, 0.2) is 29.2 Å². The second-order valence-electron chi connectivity index (χ2n) is 3.56. The normalized spacial score (nSPS) is 10.5. The Bertz CT molecular complexity index is 650. The van der Waals surface area contributed by atoms with Gasteiger partial charge in [-0.2, -0.15) is 0 Å². The fourth-order valence-corrected chi connectivity index (χ4v) is 1.55. The van der Waals surface area contributed by atoms with Crippen molar-refractivity contribution in [1.29, 1.82) is 0 Å². The number of hydrogen-bond donors (Lipinski definition) is 3. The number of rotatable bonds is 3. The molecule has 0 bridgehead atoms. The summed E-state index contributed by atoms with van der Waals surface area (Å²) in [5.74, 6) is -0.663. The number of aromatic nitrogens is 2. The molecule has 2 rings (SSSR count). The van der Waals surface area contributed by atoms with E-state index in [1.165, 1.54) is 18.3 Å². The van der Waals surface area contributed by atoms with Crippen LogP contribution in [0.4, 0.5) is 0 Å². The third-order valence-electron chi connectivity index (χ3n) is 2.39. The standard InChI is InChI=1S/C11H11N3O4/c15-5-4-13-10(16)7-6-8-9(2-1-3-12-8)14(18)11(7)17/h1-3,6,15,18H,4-5H2,(H,13,16). The highest BCUT2D eigenvalue weighted by Gasteiger charge is 2.15. The summed E-state index contributed by atoms with van der Waals surface area (Å²) >= 11 is 0. The maximum atomic E-state index is 11.7. The fourth-order valence-electron chi connectivity index (χ4n) is 1.55. The van der Waals surface area contributed by atoms with Gasteiger partial charge in [-0.1, -0.05) is 0 Å². The molecule has 2 heterocycles. The number of nitrogens with zero attached hydrogens (tertiary/aromatic N) is 2. The van der Waals surface area contributed by atoms with Gasteiger partial charge < -0.3 is 15.6 Å². The van der Waals surface area contributed by atoms with E-state index in [2.05, 4.69) is 10.3 Å². The minimum atomic E-state index is -0.828. The van der Waals surface area contributed by atoms with Crippen molar-refractivity contribution in [2.75, 3.05) is 13.2 Å². The minimum Gasteiger partial charge on any atom is -0.425 e. The van der Waals surface area contributed by atoms with Crippen molar-refractivity contribution in [2.45, 2.75) is 0 Å².